The Labute approximate surface area is 344 Å². The van der Waals surface area contributed by atoms with E-state index in [1.807, 2.05) is 122 Å². The van der Waals surface area contributed by atoms with Gasteiger partial charge in [-0.05, 0) is 51.9 Å². The Morgan fingerprint density at radius 1 is 0.627 bits per heavy atom. The molecular weight excluding hydrogens is 745 g/mol. The predicted molar refractivity (Wildman–Crippen MR) is 224 cm³/mol. The van der Waals surface area contributed by atoms with Gasteiger partial charge in [0.15, 0.2) is 0 Å². The number of ether oxygens (including phenoxy) is 1. The number of hydrogen-bond acceptors (Lipinski definition) is 6. The van der Waals surface area contributed by atoms with Gasteiger partial charge in [0, 0.05) is 38.6 Å². The molecule has 1 heterocycles. The third-order valence-electron chi connectivity index (χ3n) is 10.4. The summed E-state index contributed by atoms with van der Waals surface area (Å²) >= 11 is 0. The van der Waals surface area contributed by atoms with Crippen molar-refractivity contribution in [2.75, 3.05) is 0 Å². The molecule has 0 aliphatic carbocycles. The van der Waals surface area contributed by atoms with Crippen molar-refractivity contribution in [3.05, 3.63) is 173 Å². The summed E-state index contributed by atoms with van der Waals surface area (Å²) in [7, 11) is 0. The van der Waals surface area contributed by atoms with Crippen LogP contribution in [0.25, 0.3) is 0 Å². The Bertz CT molecular complexity index is 2180. The van der Waals surface area contributed by atoms with Gasteiger partial charge in [0.25, 0.3) is 0 Å². The largest absolute Gasteiger partial charge is 0.489 e. The minimum absolute atomic E-state index is 0.0458. The Balaban J connectivity index is 1.24. The van der Waals surface area contributed by atoms with E-state index in [4.69, 9.17) is 4.74 Å². The summed E-state index contributed by atoms with van der Waals surface area (Å²) in [6.45, 7) is 2.39. The Hall–Kier alpha value is -6.75. The number of benzene rings is 5. The van der Waals surface area contributed by atoms with E-state index in [-0.39, 0.29) is 44.6 Å². The maximum atomic E-state index is 14.8. The zero-order valence-corrected chi connectivity index (χ0v) is 33.1. The van der Waals surface area contributed by atoms with Crippen LogP contribution in [0.3, 0.4) is 0 Å². The zero-order valence-electron chi connectivity index (χ0n) is 33.1. The lowest BCUT2D eigenvalue weighted by Gasteiger charge is -2.38. The maximum absolute atomic E-state index is 14.8. The van der Waals surface area contributed by atoms with Crippen LogP contribution in [-0.2, 0) is 62.8 Å². The van der Waals surface area contributed by atoms with E-state index in [2.05, 4.69) is 16.0 Å². The van der Waals surface area contributed by atoms with Crippen molar-refractivity contribution in [1.82, 2.24) is 20.9 Å². The molecule has 0 saturated heterocycles. The average Bonchev–Trinajstić information content (AvgIpc) is 3.25. The zero-order chi connectivity index (χ0) is 41.6. The molecule has 5 aromatic rings. The summed E-state index contributed by atoms with van der Waals surface area (Å²) in [4.78, 5) is 70.2. The van der Waals surface area contributed by atoms with Gasteiger partial charge in [0.1, 0.15) is 36.5 Å². The molecule has 0 radical (unpaired) electrons. The van der Waals surface area contributed by atoms with Gasteiger partial charge in [-0.3, -0.25) is 19.2 Å². The average molecular weight is 795 g/mol. The van der Waals surface area contributed by atoms with E-state index in [9.17, 15) is 29.1 Å². The quantitative estimate of drug-likeness (QED) is 0.0903. The van der Waals surface area contributed by atoms with Crippen molar-refractivity contribution in [2.45, 2.75) is 82.8 Å². The predicted octanol–water partition coefficient (Wildman–Crippen LogP) is 5.59. The fourth-order valence-corrected chi connectivity index (χ4v) is 7.23. The minimum atomic E-state index is -1.25. The Morgan fingerprint density at radius 2 is 1.15 bits per heavy atom. The van der Waals surface area contributed by atoms with Gasteiger partial charge in [-0.15, -0.1) is 0 Å². The standard InChI is InChI=1S/C48H50N4O7/c1-2-14-44(53)49-41(28-35-23-25-39(26-24-35)59-32-36-19-10-5-11-20-36)47(56)52-31-38-22-13-12-21-37(38)30-43(52)46(55)50-40(27-33-15-6-3-7-16-33)45(54)51-42(48(57)58)29-34-17-8-4-9-18-34/h3-13,15-26,40-43H,2,14,27-32H2,1H3,(H,49,53)(H,50,55)(H,51,54)(H,57,58)/t40-,41-,42-,43-/m0/s1. The highest BCUT2D eigenvalue weighted by Gasteiger charge is 2.39. The Morgan fingerprint density at radius 3 is 1.75 bits per heavy atom. The van der Waals surface area contributed by atoms with Crippen molar-refractivity contribution >= 4 is 29.6 Å². The SMILES string of the molecule is CCCC(=O)N[C@@H](Cc1ccc(OCc2ccccc2)cc1)C(=O)N1Cc2ccccc2C[C@H]1C(=O)N[C@@H](Cc1ccccc1)C(=O)N[C@@H](Cc1ccccc1)C(=O)O. The number of hydrogen-bond donors (Lipinski definition) is 4. The van der Waals surface area contributed by atoms with Crippen LogP contribution in [-0.4, -0.2) is 63.8 Å². The number of nitrogens with one attached hydrogen (secondary N) is 3. The van der Waals surface area contributed by atoms with Crippen molar-refractivity contribution in [1.29, 1.82) is 0 Å². The van der Waals surface area contributed by atoms with Crippen LogP contribution < -0.4 is 20.7 Å². The fourth-order valence-electron chi connectivity index (χ4n) is 7.23. The second kappa shape index (κ2) is 20.6. The minimum Gasteiger partial charge on any atom is -0.489 e. The van der Waals surface area contributed by atoms with Gasteiger partial charge in [0.2, 0.25) is 23.6 Å². The molecule has 59 heavy (non-hydrogen) atoms. The summed E-state index contributed by atoms with van der Waals surface area (Å²) in [5, 5.41) is 18.6. The van der Waals surface area contributed by atoms with Crippen LogP contribution in [0.1, 0.15) is 53.1 Å². The van der Waals surface area contributed by atoms with Crippen LogP contribution in [0.4, 0.5) is 0 Å². The van der Waals surface area contributed by atoms with Gasteiger partial charge < -0.3 is 30.7 Å². The van der Waals surface area contributed by atoms with Crippen molar-refractivity contribution in [3.63, 3.8) is 0 Å². The summed E-state index contributed by atoms with van der Waals surface area (Å²) in [5.41, 5.74) is 5.04. The molecule has 304 valence electrons. The molecule has 4 N–H and O–H groups in total. The number of fused-ring (bicyclic) bond motifs is 1. The summed E-state index contributed by atoms with van der Waals surface area (Å²) in [6.07, 6.45) is 1.26. The second-order valence-corrected chi connectivity index (χ2v) is 14.8. The number of aliphatic carboxylic acids is 1. The number of amides is 4. The number of carboxylic acid groups (broad SMARTS) is 1. The highest BCUT2D eigenvalue weighted by Crippen LogP contribution is 2.26. The van der Waals surface area contributed by atoms with Gasteiger partial charge in [-0.1, -0.05) is 134 Å². The van der Waals surface area contributed by atoms with E-state index in [0.717, 1.165) is 33.4 Å². The van der Waals surface area contributed by atoms with E-state index in [1.165, 1.54) is 4.90 Å². The van der Waals surface area contributed by atoms with Crippen LogP contribution in [0.5, 0.6) is 5.75 Å². The monoisotopic (exact) mass is 794 g/mol. The first-order valence-corrected chi connectivity index (χ1v) is 20.0. The fraction of sp³-hybridized carbons (Fsp3) is 0.271. The molecule has 4 atom stereocenters. The molecule has 0 unspecified atom stereocenters. The summed E-state index contributed by atoms with van der Waals surface area (Å²) in [5.74, 6) is -2.51. The van der Waals surface area contributed by atoms with Crippen molar-refractivity contribution in [2.24, 2.45) is 0 Å². The molecule has 0 bridgehead atoms. The lowest BCUT2D eigenvalue weighted by atomic mass is 9.91. The highest BCUT2D eigenvalue weighted by molar-refractivity contribution is 5.95. The number of carboxylic acids is 1. The molecule has 0 spiro atoms. The summed E-state index contributed by atoms with van der Waals surface area (Å²) < 4.78 is 5.96. The van der Waals surface area contributed by atoms with E-state index < -0.39 is 47.9 Å². The molecular formula is C48H50N4O7. The molecule has 11 nitrogen and oxygen atoms in total. The lowest BCUT2D eigenvalue weighted by Crippen LogP contribution is -2.61. The van der Waals surface area contributed by atoms with E-state index in [0.29, 0.717) is 18.8 Å². The molecule has 1 aliphatic rings. The number of carbonyl (C=O) groups is 5. The topological polar surface area (TPSA) is 154 Å². The molecule has 0 fully saturated rings. The van der Waals surface area contributed by atoms with Gasteiger partial charge >= 0.3 is 5.97 Å². The molecule has 0 aromatic heterocycles. The molecule has 0 saturated carbocycles. The maximum Gasteiger partial charge on any atom is 0.326 e. The van der Waals surface area contributed by atoms with Crippen molar-refractivity contribution in [3.8, 4) is 5.75 Å². The van der Waals surface area contributed by atoms with Gasteiger partial charge in [-0.2, -0.15) is 0 Å². The van der Waals surface area contributed by atoms with Gasteiger partial charge in [-0.25, -0.2) is 4.79 Å². The number of carbonyl (C=O) groups excluding carboxylic acids is 4. The third-order valence-corrected chi connectivity index (χ3v) is 10.4. The number of nitrogens with zero attached hydrogens (tertiary/aromatic N) is 1. The molecule has 4 amide bonds. The third kappa shape index (κ3) is 11.9. The Kier molecular flexibility index (Phi) is 14.6. The molecule has 1 aliphatic heterocycles. The highest BCUT2D eigenvalue weighted by atomic mass is 16.5. The van der Waals surface area contributed by atoms with Crippen LogP contribution in [0.15, 0.2) is 140 Å². The van der Waals surface area contributed by atoms with Crippen LogP contribution >= 0.6 is 0 Å². The van der Waals surface area contributed by atoms with E-state index in [1.54, 1.807) is 24.3 Å². The summed E-state index contributed by atoms with van der Waals surface area (Å²) in [6, 6.07) is 38.4. The van der Waals surface area contributed by atoms with E-state index >= 15 is 0 Å². The first-order chi connectivity index (χ1) is 28.7. The lowest BCUT2D eigenvalue weighted by molar-refractivity contribution is -0.145. The van der Waals surface area contributed by atoms with Gasteiger partial charge in [0.05, 0.1) is 0 Å². The second-order valence-electron chi connectivity index (χ2n) is 14.8. The van der Waals surface area contributed by atoms with Crippen LogP contribution in [0.2, 0.25) is 0 Å². The molecule has 6 rings (SSSR count). The smallest absolute Gasteiger partial charge is 0.326 e. The normalized spacial score (nSPS) is 14.8. The number of rotatable bonds is 18. The van der Waals surface area contributed by atoms with Crippen molar-refractivity contribution < 1.29 is 33.8 Å². The van der Waals surface area contributed by atoms with Crippen LogP contribution in [0, 0.1) is 0 Å². The molecule has 11 heteroatoms. The molecule has 5 aromatic carbocycles. The first-order valence-electron chi connectivity index (χ1n) is 20.0. The first kappa shape index (κ1) is 41.9.